The second-order valence-electron chi connectivity index (χ2n) is 19.1. The molecule has 10 nitrogen and oxygen atoms in total. The van der Waals surface area contributed by atoms with Crippen molar-refractivity contribution in [2.24, 2.45) is 68.3 Å². The van der Waals surface area contributed by atoms with Gasteiger partial charge in [0.25, 0.3) is 5.95 Å². The van der Waals surface area contributed by atoms with Crippen LogP contribution in [0.3, 0.4) is 0 Å². The van der Waals surface area contributed by atoms with Gasteiger partial charge in [-0.2, -0.15) is 4.80 Å². The molecule has 2 bridgehead atoms. The first-order chi connectivity index (χ1) is 22.3. The average Bonchev–Trinajstić information content (AvgIpc) is 3.41. The Morgan fingerprint density at radius 3 is 2.44 bits per heavy atom. The summed E-state index contributed by atoms with van der Waals surface area (Å²) in [5.41, 5.74) is 12.5. The number of aliphatic carboxylic acids is 1. The van der Waals surface area contributed by atoms with Gasteiger partial charge in [-0.3, -0.25) is 4.79 Å². The van der Waals surface area contributed by atoms with Gasteiger partial charge in [0, 0.05) is 11.0 Å². The molecular formula is C38H64N6O4. The highest BCUT2D eigenvalue weighted by molar-refractivity contribution is 5.73. The lowest BCUT2D eigenvalue weighted by Crippen LogP contribution is -2.70. The van der Waals surface area contributed by atoms with E-state index in [0.717, 1.165) is 44.9 Å². The SMILES string of the molecule is CC(C)C[C@@](C)(N)CO[C@H]1[C@H](n2nnc(N)n2)C[C@]2(C)COC[C@@]13C1=CC[C@@]4(C)[C@H](C(=O)O)[C@@](C)([C@H](C)C(C)C)CC[C@]4(C)[C@H]1CC[C@H]23. The molecule has 0 unspecified atom stereocenters. The summed E-state index contributed by atoms with van der Waals surface area (Å²) in [6.45, 7) is 24.3. The highest BCUT2D eigenvalue weighted by atomic mass is 16.5. The molecule has 270 valence electrons. The van der Waals surface area contributed by atoms with E-state index < -0.39 is 28.3 Å². The molecule has 2 heterocycles. The van der Waals surface area contributed by atoms with E-state index in [4.69, 9.17) is 20.9 Å². The first-order valence-corrected chi connectivity index (χ1v) is 18.7. The van der Waals surface area contributed by atoms with E-state index in [1.54, 1.807) is 4.80 Å². The number of rotatable bonds is 9. The Morgan fingerprint density at radius 1 is 1.12 bits per heavy atom. The van der Waals surface area contributed by atoms with Gasteiger partial charge in [0.15, 0.2) is 0 Å². The van der Waals surface area contributed by atoms with Crippen molar-refractivity contribution in [3.8, 4) is 0 Å². The Kier molecular flexibility index (Phi) is 8.76. The third kappa shape index (κ3) is 5.11. The molecule has 5 N–H and O–H groups in total. The number of hydrogen-bond donors (Lipinski definition) is 3. The van der Waals surface area contributed by atoms with Crippen LogP contribution in [0.2, 0.25) is 0 Å². The van der Waals surface area contributed by atoms with Crippen molar-refractivity contribution in [2.75, 3.05) is 25.6 Å². The van der Waals surface area contributed by atoms with Crippen LogP contribution in [-0.4, -0.2) is 62.7 Å². The van der Waals surface area contributed by atoms with Gasteiger partial charge in [-0.1, -0.05) is 79.1 Å². The lowest BCUT2D eigenvalue weighted by molar-refractivity contribution is -0.255. The molecule has 3 saturated carbocycles. The van der Waals surface area contributed by atoms with Gasteiger partial charge in [0.1, 0.15) is 6.04 Å². The van der Waals surface area contributed by atoms with Crippen LogP contribution >= 0.6 is 0 Å². The highest BCUT2D eigenvalue weighted by Crippen LogP contribution is 2.75. The molecule has 0 aromatic carbocycles. The molecule has 48 heavy (non-hydrogen) atoms. The number of anilines is 1. The fourth-order valence-electron chi connectivity index (χ4n) is 12.7. The van der Waals surface area contributed by atoms with Crippen molar-refractivity contribution in [3.05, 3.63) is 11.6 Å². The molecule has 0 radical (unpaired) electrons. The van der Waals surface area contributed by atoms with Crippen LogP contribution in [0, 0.1) is 62.6 Å². The van der Waals surface area contributed by atoms with Crippen molar-refractivity contribution < 1.29 is 19.4 Å². The van der Waals surface area contributed by atoms with E-state index >= 15 is 0 Å². The number of hydrogen-bond acceptors (Lipinski definition) is 8. The summed E-state index contributed by atoms with van der Waals surface area (Å²) >= 11 is 0. The molecule has 6 rings (SSSR count). The van der Waals surface area contributed by atoms with Gasteiger partial charge >= 0.3 is 5.97 Å². The molecule has 0 amide bonds. The van der Waals surface area contributed by atoms with Crippen molar-refractivity contribution in [1.29, 1.82) is 0 Å². The van der Waals surface area contributed by atoms with Crippen LogP contribution in [0.1, 0.15) is 120 Å². The number of nitrogens with zero attached hydrogens (tertiary/aromatic N) is 4. The summed E-state index contributed by atoms with van der Waals surface area (Å²) in [4.78, 5) is 15.2. The topological polar surface area (TPSA) is 151 Å². The Balaban J connectivity index is 1.50. The fourth-order valence-corrected chi connectivity index (χ4v) is 12.7. The Bertz CT molecular complexity index is 1430. The second-order valence-corrected chi connectivity index (χ2v) is 19.1. The minimum absolute atomic E-state index is 0.121. The summed E-state index contributed by atoms with van der Waals surface area (Å²) < 4.78 is 13.9. The van der Waals surface area contributed by atoms with Crippen LogP contribution in [0.5, 0.6) is 0 Å². The quantitative estimate of drug-likeness (QED) is 0.249. The molecule has 1 aromatic heterocycles. The van der Waals surface area contributed by atoms with Gasteiger partial charge in [-0.05, 0) is 108 Å². The minimum Gasteiger partial charge on any atom is -0.481 e. The van der Waals surface area contributed by atoms with Gasteiger partial charge in [-0.15, -0.1) is 5.10 Å². The van der Waals surface area contributed by atoms with E-state index in [2.05, 4.69) is 90.7 Å². The number of carboxylic acids is 1. The summed E-state index contributed by atoms with van der Waals surface area (Å²) in [5.74, 6) is 0.778. The lowest BCUT2D eigenvalue weighted by atomic mass is 9.34. The molecule has 1 saturated heterocycles. The number of nitrogens with two attached hydrogens (primary N) is 2. The number of aromatic nitrogens is 4. The van der Waals surface area contributed by atoms with Crippen LogP contribution < -0.4 is 11.5 Å². The number of fused-ring (bicyclic) bond motifs is 3. The maximum atomic E-state index is 13.5. The Morgan fingerprint density at radius 2 is 1.83 bits per heavy atom. The number of ether oxygens (including phenoxy) is 2. The fraction of sp³-hybridized carbons (Fsp3) is 0.895. The first-order valence-electron chi connectivity index (χ1n) is 18.7. The number of nitrogen functional groups attached to an aromatic ring is 1. The summed E-state index contributed by atoms with van der Waals surface area (Å²) in [6.07, 6.45) is 8.56. The Labute approximate surface area is 288 Å². The van der Waals surface area contributed by atoms with Gasteiger partial charge in [0.2, 0.25) is 0 Å². The molecular weight excluding hydrogens is 604 g/mol. The predicted molar refractivity (Wildman–Crippen MR) is 187 cm³/mol. The highest BCUT2D eigenvalue weighted by Gasteiger charge is 2.72. The van der Waals surface area contributed by atoms with Gasteiger partial charge < -0.3 is 26.0 Å². The largest absolute Gasteiger partial charge is 0.481 e. The zero-order valence-corrected chi connectivity index (χ0v) is 31.4. The van der Waals surface area contributed by atoms with Gasteiger partial charge in [0.05, 0.1) is 31.8 Å². The third-order valence-electron chi connectivity index (χ3n) is 15.2. The van der Waals surface area contributed by atoms with E-state index in [1.165, 1.54) is 5.57 Å². The second kappa shape index (κ2) is 11.8. The third-order valence-corrected chi connectivity index (χ3v) is 15.2. The van der Waals surface area contributed by atoms with Crippen molar-refractivity contribution in [1.82, 2.24) is 20.2 Å². The standard InChI is InChI=1S/C38H64N6O4/c1-22(2)17-34(7,40)20-48-30-27(44-42-32(39)41-43-44)18-33(6)19-47-21-38(30)26-13-14-37(10)29(31(45)46)35(8,24(5)23(3)4)15-16-36(37,9)25(26)11-12-28(33)38/h13,22-25,27-30H,11-12,14-21,40H2,1-10H3,(H2,39,42)(H,45,46)/t24-,25+,27-,28-,29-,30+,33-,34-,35-,36-,37+,38+/m1/s1. The van der Waals surface area contributed by atoms with Crippen LogP contribution in [-0.2, 0) is 14.3 Å². The summed E-state index contributed by atoms with van der Waals surface area (Å²) in [7, 11) is 0. The van der Waals surface area contributed by atoms with Crippen LogP contribution in [0.4, 0.5) is 5.95 Å². The predicted octanol–water partition coefficient (Wildman–Crippen LogP) is 6.53. The van der Waals surface area contributed by atoms with Crippen LogP contribution in [0.15, 0.2) is 11.6 Å². The number of carbonyl (C=O) groups is 1. The maximum Gasteiger partial charge on any atom is 0.307 e. The molecule has 12 atom stereocenters. The van der Waals surface area contributed by atoms with Gasteiger partial charge in [-0.25, -0.2) is 0 Å². The van der Waals surface area contributed by atoms with E-state index in [1.807, 2.05) is 0 Å². The van der Waals surface area contributed by atoms with E-state index in [-0.39, 0.29) is 40.3 Å². The number of carboxylic acid groups (broad SMARTS) is 1. The smallest absolute Gasteiger partial charge is 0.307 e. The molecule has 4 fully saturated rings. The molecule has 1 aliphatic heterocycles. The summed E-state index contributed by atoms with van der Waals surface area (Å²) in [6, 6.07) is -0.191. The monoisotopic (exact) mass is 668 g/mol. The molecule has 0 spiro atoms. The lowest BCUT2D eigenvalue weighted by Gasteiger charge is -2.71. The number of tetrazole rings is 1. The zero-order valence-electron chi connectivity index (χ0n) is 31.4. The Hall–Kier alpha value is -2.04. The normalized spacial score (nSPS) is 44.3. The zero-order chi connectivity index (χ0) is 35.2. The van der Waals surface area contributed by atoms with Crippen molar-refractivity contribution in [2.45, 2.75) is 132 Å². The minimum atomic E-state index is -0.642. The van der Waals surface area contributed by atoms with Crippen molar-refractivity contribution >= 4 is 11.9 Å². The average molecular weight is 669 g/mol. The van der Waals surface area contributed by atoms with Crippen molar-refractivity contribution in [3.63, 3.8) is 0 Å². The first kappa shape index (κ1) is 35.8. The molecule has 1 aromatic rings. The van der Waals surface area contributed by atoms with Crippen LogP contribution in [0.25, 0.3) is 0 Å². The van der Waals surface area contributed by atoms with E-state index in [9.17, 15) is 9.90 Å². The molecule has 5 aliphatic rings. The maximum absolute atomic E-state index is 13.5. The molecule has 10 heteroatoms. The summed E-state index contributed by atoms with van der Waals surface area (Å²) in [5, 5.41) is 24.2. The van der Waals surface area contributed by atoms with E-state index in [0.29, 0.717) is 43.5 Å². The number of allylic oxidation sites excluding steroid dienone is 1. The molecule has 4 aliphatic carbocycles.